The molecule has 1 rings (SSSR count). The lowest BCUT2D eigenvalue weighted by atomic mass is 10.2. The molecular weight excluding hydrogens is 262 g/mol. The largest absolute Gasteiger partial charge is 0.397 e. The first kappa shape index (κ1) is 15.6. The Kier molecular flexibility index (Phi) is 5.47. The summed E-state index contributed by atoms with van der Waals surface area (Å²) in [6, 6.07) is 5.46. The molecule has 0 unspecified atom stereocenters. The van der Waals surface area contributed by atoms with E-state index >= 15 is 0 Å². The Morgan fingerprint density at radius 1 is 1.21 bits per heavy atom. The summed E-state index contributed by atoms with van der Waals surface area (Å²) in [5, 5.41) is 0. The Morgan fingerprint density at radius 2 is 1.79 bits per heavy atom. The van der Waals surface area contributed by atoms with Crippen LogP contribution < -0.4 is 15.4 Å². The predicted octanol–water partition coefficient (Wildman–Crippen LogP) is 2.27. The summed E-state index contributed by atoms with van der Waals surface area (Å²) < 4.78 is 25.1. The van der Waals surface area contributed by atoms with Gasteiger partial charge in [-0.1, -0.05) is 13.8 Å². The monoisotopic (exact) mass is 285 g/mol. The van der Waals surface area contributed by atoms with Gasteiger partial charge in [0.1, 0.15) is 0 Å². The predicted molar refractivity (Wildman–Crippen MR) is 82.1 cm³/mol. The van der Waals surface area contributed by atoms with E-state index in [0.29, 0.717) is 11.4 Å². The van der Waals surface area contributed by atoms with Gasteiger partial charge < -0.3 is 10.6 Å². The number of hydrogen-bond donors (Lipinski definition) is 2. The molecule has 108 valence electrons. The Bertz CT molecular complexity index is 509. The van der Waals surface area contributed by atoms with Gasteiger partial charge in [0.25, 0.3) is 0 Å². The molecule has 0 radical (unpaired) electrons. The zero-order valence-electron chi connectivity index (χ0n) is 11.8. The van der Waals surface area contributed by atoms with E-state index in [9.17, 15) is 8.42 Å². The smallest absolute Gasteiger partial charge is 0.229 e. The van der Waals surface area contributed by atoms with Crippen LogP contribution in [-0.4, -0.2) is 27.8 Å². The van der Waals surface area contributed by atoms with Crippen molar-refractivity contribution in [3.05, 3.63) is 18.2 Å². The van der Waals surface area contributed by atoms with Crippen LogP contribution in [-0.2, 0) is 10.0 Å². The van der Waals surface area contributed by atoms with Crippen molar-refractivity contribution in [2.75, 3.05) is 34.7 Å². The molecule has 5 nitrogen and oxygen atoms in total. The lowest BCUT2D eigenvalue weighted by molar-refractivity contribution is 0.607. The first-order valence-corrected chi connectivity index (χ1v) is 8.38. The van der Waals surface area contributed by atoms with Crippen LogP contribution in [0.2, 0.25) is 0 Å². The molecule has 0 spiro atoms. The number of sulfonamides is 1. The second-order valence-electron chi connectivity index (χ2n) is 4.63. The van der Waals surface area contributed by atoms with Gasteiger partial charge in [-0.2, -0.15) is 0 Å². The lowest BCUT2D eigenvalue weighted by Crippen LogP contribution is -2.25. The Hall–Kier alpha value is -1.43. The molecule has 0 aliphatic carbocycles. The number of hydrogen-bond acceptors (Lipinski definition) is 4. The molecule has 0 saturated carbocycles. The second kappa shape index (κ2) is 6.65. The van der Waals surface area contributed by atoms with Crippen LogP contribution in [0.5, 0.6) is 0 Å². The first-order valence-electron chi connectivity index (χ1n) is 6.49. The molecule has 0 amide bonds. The number of benzene rings is 1. The number of nitrogens with one attached hydrogen (secondary N) is 1. The van der Waals surface area contributed by atoms with Crippen LogP contribution in [0.1, 0.15) is 26.7 Å². The van der Waals surface area contributed by atoms with Crippen molar-refractivity contribution in [1.82, 2.24) is 0 Å². The van der Waals surface area contributed by atoms with E-state index in [0.717, 1.165) is 37.9 Å². The minimum absolute atomic E-state index is 0.433. The SMILES string of the molecule is CCCN(CCC)c1ccc(N)c(NS(C)(=O)=O)c1. The highest BCUT2D eigenvalue weighted by Gasteiger charge is 2.10. The van der Waals surface area contributed by atoms with Crippen LogP contribution in [0.15, 0.2) is 18.2 Å². The first-order chi connectivity index (χ1) is 8.87. The van der Waals surface area contributed by atoms with E-state index < -0.39 is 10.0 Å². The minimum atomic E-state index is -3.32. The molecule has 6 heteroatoms. The Morgan fingerprint density at radius 3 is 2.26 bits per heavy atom. The number of anilines is 3. The van der Waals surface area contributed by atoms with Crippen LogP contribution >= 0.6 is 0 Å². The highest BCUT2D eigenvalue weighted by atomic mass is 32.2. The maximum atomic E-state index is 11.3. The molecule has 0 aliphatic heterocycles. The Balaban J connectivity index is 3.05. The Labute approximate surface area is 115 Å². The maximum Gasteiger partial charge on any atom is 0.229 e. The molecule has 0 bridgehead atoms. The van der Waals surface area contributed by atoms with Crippen LogP contribution in [0, 0.1) is 0 Å². The molecule has 0 fully saturated rings. The number of rotatable bonds is 7. The van der Waals surface area contributed by atoms with E-state index in [1.165, 1.54) is 0 Å². The van der Waals surface area contributed by atoms with Gasteiger partial charge in [-0.05, 0) is 31.0 Å². The summed E-state index contributed by atoms with van der Waals surface area (Å²) in [6.07, 6.45) is 3.20. The fourth-order valence-corrected chi connectivity index (χ4v) is 2.52. The van der Waals surface area contributed by atoms with Crippen LogP contribution in [0.3, 0.4) is 0 Å². The number of nitrogens with zero attached hydrogens (tertiary/aromatic N) is 1. The van der Waals surface area contributed by atoms with Crippen molar-refractivity contribution in [1.29, 1.82) is 0 Å². The van der Waals surface area contributed by atoms with Crippen LogP contribution in [0.4, 0.5) is 17.1 Å². The second-order valence-corrected chi connectivity index (χ2v) is 6.38. The van der Waals surface area contributed by atoms with Crippen molar-refractivity contribution >= 4 is 27.1 Å². The van der Waals surface area contributed by atoms with Gasteiger partial charge in [-0.15, -0.1) is 0 Å². The average Bonchev–Trinajstić information content (AvgIpc) is 2.30. The summed E-state index contributed by atoms with van der Waals surface area (Å²) in [7, 11) is -3.32. The standard InChI is InChI=1S/C13H23N3O2S/c1-4-8-16(9-5-2)11-6-7-12(14)13(10-11)15-19(3,17)18/h6-7,10,15H,4-5,8-9,14H2,1-3H3. The molecule has 0 aromatic heterocycles. The molecular formula is C13H23N3O2S. The third-order valence-corrected chi connectivity index (χ3v) is 3.28. The molecule has 0 aliphatic rings. The summed E-state index contributed by atoms with van der Waals surface area (Å²) in [5.74, 6) is 0. The van der Waals surface area contributed by atoms with E-state index in [-0.39, 0.29) is 0 Å². The van der Waals surface area contributed by atoms with Gasteiger partial charge in [0, 0.05) is 18.8 Å². The maximum absolute atomic E-state index is 11.3. The highest BCUT2D eigenvalue weighted by molar-refractivity contribution is 7.92. The van der Waals surface area contributed by atoms with Crippen LogP contribution in [0.25, 0.3) is 0 Å². The van der Waals surface area contributed by atoms with Crippen molar-refractivity contribution in [3.8, 4) is 0 Å². The highest BCUT2D eigenvalue weighted by Crippen LogP contribution is 2.26. The number of nitrogens with two attached hydrogens (primary N) is 1. The summed E-state index contributed by atoms with van der Waals surface area (Å²) in [6.45, 7) is 6.12. The molecule has 3 N–H and O–H groups in total. The lowest BCUT2D eigenvalue weighted by Gasteiger charge is -2.24. The van der Waals surface area contributed by atoms with Gasteiger partial charge >= 0.3 is 0 Å². The molecule has 0 saturated heterocycles. The molecule has 1 aromatic rings. The average molecular weight is 285 g/mol. The fourth-order valence-electron chi connectivity index (χ4n) is 1.94. The van der Waals surface area contributed by atoms with E-state index in [1.54, 1.807) is 12.1 Å². The van der Waals surface area contributed by atoms with Gasteiger partial charge in [0.15, 0.2) is 0 Å². The van der Waals surface area contributed by atoms with Gasteiger partial charge in [-0.3, -0.25) is 4.72 Å². The summed E-state index contributed by atoms with van der Waals surface area (Å²) >= 11 is 0. The minimum Gasteiger partial charge on any atom is -0.397 e. The zero-order chi connectivity index (χ0) is 14.5. The van der Waals surface area contributed by atoms with E-state index in [4.69, 9.17) is 5.73 Å². The topological polar surface area (TPSA) is 75.4 Å². The van der Waals surface area contributed by atoms with Gasteiger partial charge in [0.2, 0.25) is 10.0 Å². The third-order valence-electron chi connectivity index (χ3n) is 2.68. The summed E-state index contributed by atoms with van der Waals surface area (Å²) in [5.41, 5.74) is 7.66. The van der Waals surface area contributed by atoms with Gasteiger partial charge in [0.05, 0.1) is 17.6 Å². The summed E-state index contributed by atoms with van der Waals surface area (Å²) in [4.78, 5) is 2.23. The molecule has 1 aromatic carbocycles. The fraction of sp³-hybridized carbons (Fsp3) is 0.538. The normalized spacial score (nSPS) is 11.3. The van der Waals surface area contributed by atoms with E-state index in [2.05, 4.69) is 23.5 Å². The molecule has 0 heterocycles. The number of nitrogen functional groups attached to an aromatic ring is 1. The van der Waals surface area contributed by atoms with E-state index in [1.807, 2.05) is 6.07 Å². The van der Waals surface area contributed by atoms with Crippen molar-refractivity contribution < 1.29 is 8.42 Å². The molecule has 0 atom stereocenters. The van der Waals surface area contributed by atoms with Crippen molar-refractivity contribution in [2.45, 2.75) is 26.7 Å². The quantitative estimate of drug-likeness (QED) is 0.754. The zero-order valence-corrected chi connectivity index (χ0v) is 12.6. The third kappa shape index (κ3) is 4.98. The molecule has 19 heavy (non-hydrogen) atoms. The van der Waals surface area contributed by atoms with Gasteiger partial charge in [-0.25, -0.2) is 8.42 Å². The van der Waals surface area contributed by atoms with Crippen molar-refractivity contribution in [3.63, 3.8) is 0 Å². The van der Waals surface area contributed by atoms with Crippen molar-refractivity contribution in [2.24, 2.45) is 0 Å².